The second-order valence-electron chi connectivity index (χ2n) is 7.43. The Bertz CT molecular complexity index is 1020. The molecule has 1 saturated heterocycles. The van der Waals surface area contributed by atoms with Crippen LogP contribution in [0.4, 0.5) is 11.4 Å². The topological polar surface area (TPSA) is 75.7 Å². The molecule has 8 heteroatoms. The van der Waals surface area contributed by atoms with Gasteiger partial charge in [0.1, 0.15) is 0 Å². The van der Waals surface area contributed by atoms with Gasteiger partial charge in [-0.25, -0.2) is 0 Å². The highest BCUT2D eigenvalue weighted by molar-refractivity contribution is 9.10. The van der Waals surface area contributed by atoms with Gasteiger partial charge in [-0.2, -0.15) is 0 Å². The fourth-order valence-electron chi connectivity index (χ4n) is 3.33. The van der Waals surface area contributed by atoms with Crippen LogP contribution in [0.15, 0.2) is 34.8 Å². The van der Waals surface area contributed by atoms with Crippen molar-refractivity contribution in [1.82, 2.24) is 0 Å². The van der Waals surface area contributed by atoms with Crippen molar-refractivity contribution in [3.8, 4) is 0 Å². The molecular weight excluding hydrogens is 472 g/mol. The van der Waals surface area contributed by atoms with Gasteiger partial charge < -0.3 is 15.0 Å². The third kappa shape index (κ3) is 5.02. The molecule has 1 heterocycles. The first-order valence-electron chi connectivity index (χ1n) is 9.45. The maximum absolute atomic E-state index is 12.5. The van der Waals surface area contributed by atoms with Crippen LogP contribution in [-0.2, 0) is 19.1 Å². The van der Waals surface area contributed by atoms with Crippen molar-refractivity contribution in [2.45, 2.75) is 27.2 Å². The number of benzene rings is 2. The number of carbonyl (C=O) groups excluding carboxylic acids is 3. The van der Waals surface area contributed by atoms with Crippen LogP contribution in [-0.4, -0.2) is 30.9 Å². The highest BCUT2D eigenvalue weighted by atomic mass is 79.9. The lowest BCUT2D eigenvalue weighted by atomic mass is 10.1. The molecule has 2 aromatic rings. The number of rotatable bonds is 5. The predicted molar refractivity (Wildman–Crippen MR) is 120 cm³/mol. The van der Waals surface area contributed by atoms with E-state index in [1.165, 1.54) is 0 Å². The van der Waals surface area contributed by atoms with Gasteiger partial charge in [0.15, 0.2) is 6.61 Å². The van der Waals surface area contributed by atoms with E-state index in [9.17, 15) is 14.4 Å². The third-order valence-corrected chi connectivity index (χ3v) is 6.20. The number of hydrogen-bond acceptors (Lipinski definition) is 4. The van der Waals surface area contributed by atoms with Crippen LogP contribution in [0.25, 0.3) is 0 Å². The van der Waals surface area contributed by atoms with Crippen molar-refractivity contribution < 1.29 is 19.1 Å². The molecule has 0 unspecified atom stereocenters. The zero-order chi connectivity index (χ0) is 22.0. The molecule has 0 saturated carbocycles. The SMILES string of the molecule is Cc1ccc(C)c(N2C[C@@H](C(=O)OCC(=O)Nc3cc(Cl)c(Br)cc3C)CC2=O)c1. The molecule has 1 aliphatic heterocycles. The minimum absolute atomic E-state index is 0.0647. The van der Waals surface area contributed by atoms with Crippen molar-refractivity contribution in [1.29, 1.82) is 0 Å². The van der Waals surface area contributed by atoms with E-state index < -0.39 is 24.4 Å². The fourth-order valence-corrected chi connectivity index (χ4v) is 3.95. The number of ether oxygens (including phenoxy) is 1. The zero-order valence-electron chi connectivity index (χ0n) is 16.9. The number of aryl methyl sites for hydroxylation is 3. The monoisotopic (exact) mass is 492 g/mol. The molecule has 3 rings (SSSR count). The summed E-state index contributed by atoms with van der Waals surface area (Å²) in [6.07, 6.45) is 0.0647. The largest absolute Gasteiger partial charge is 0.455 e. The van der Waals surface area contributed by atoms with E-state index in [1.54, 1.807) is 17.0 Å². The number of esters is 1. The molecule has 0 spiro atoms. The van der Waals surface area contributed by atoms with Gasteiger partial charge in [-0.1, -0.05) is 23.7 Å². The average molecular weight is 494 g/mol. The van der Waals surface area contributed by atoms with E-state index in [-0.39, 0.29) is 18.9 Å². The minimum Gasteiger partial charge on any atom is -0.455 e. The van der Waals surface area contributed by atoms with E-state index in [0.29, 0.717) is 10.7 Å². The molecule has 1 aliphatic rings. The van der Waals surface area contributed by atoms with Gasteiger partial charge in [-0.15, -0.1) is 0 Å². The van der Waals surface area contributed by atoms with Crippen LogP contribution in [0, 0.1) is 26.7 Å². The van der Waals surface area contributed by atoms with Crippen molar-refractivity contribution in [3.05, 3.63) is 56.5 Å². The van der Waals surface area contributed by atoms with Crippen LogP contribution < -0.4 is 10.2 Å². The summed E-state index contributed by atoms with van der Waals surface area (Å²) in [7, 11) is 0. The van der Waals surface area contributed by atoms with E-state index in [1.807, 2.05) is 39.0 Å². The molecule has 2 amide bonds. The first-order valence-corrected chi connectivity index (χ1v) is 10.6. The number of carbonyl (C=O) groups is 3. The summed E-state index contributed by atoms with van der Waals surface area (Å²) in [5.74, 6) is -1.76. The molecule has 0 bridgehead atoms. The van der Waals surface area contributed by atoms with Gasteiger partial charge in [0, 0.05) is 28.8 Å². The minimum atomic E-state index is -0.603. The van der Waals surface area contributed by atoms with Crippen molar-refractivity contribution >= 4 is 56.7 Å². The quantitative estimate of drug-likeness (QED) is 0.620. The van der Waals surface area contributed by atoms with Gasteiger partial charge in [-0.05, 0) is 71.6 Å². The maximum atomic E-state index is 12.5. The van der Waals surface area contributed by atoms with Crippen LogP contribution in [0.2, 0.25) is 5.02 Å². The van der Waals surface area contributed by atoms with Crippen LogP contribution in [0.1, 0.15) is 23.1 Å². The smallest absolute Gasteiger partial charge is 0.311 e. The molecule has 0 aromatic heterocycles. The van der Waals surface area contributed by atoms with Crippen LogP contribution in [0.3, 0.4) is 0 Å². The van der Waals surface area contributed by atoms with E-state index in [0.717, 1.165) is 26.9 Å². The first-order chi connectivity index (χ1) is 14.2. The summed E-state index contributed by atoms with van der Waals surface area (Å²) >= 11 is 9.38. The summed E-state index contributed by atoms with van der Waals surface area (Å²) in [4.78, 5) is 38.7. The molecule has 158 valence electrons. The summed E-state index contributed by atoms with van der Waals surface area (Å²) in [5.41, 5.74) is 4.16. The second kappa shape index (κ2) is 9.18. The first kappa shape index (κ1) is 22.3. The van der Waals surface area contributed by atoms with E-state index >= 15 is 0 Å². The zero-order valence-corrected chi connectivity index (χ0v) is 19.3. The number of nitrogens with one attached hydrogen (secondary N) is 1. The summed E-state index contributed by atoms with van der Waals surface area (Å²) in [6, 6.07) is 9.27. The molecule has 1 fully saturated rings. The highest BCUT2D eigenvalue weighted by Gasteiger charge is 2.37. The second-order valence-corrected chi connectivity index (χ2v) is 8.69. The standard InChI is InChI=1S/C22H22BrClN2O4/c1-12-4-5-13(2)19(6-12)26-10-15(8-21(26)28)22(29)30-11-20(27)25-18-9-17(24)16(23)7-14(18)3/h4-7,9,15H,8,10-11H2,1-3H3,(H,25,27)/t15-/m0/s1. The Hall–Kier alpha value is -2.38. The Labute approximate surface area is 188 Å². The van der Waals surface area contributed by atoms with Gasteiger partial charge in [-0.3, -0.25) is 14.4 Å². The lowest BCUT2D eigenvalue weighted by Gasteiger charge is -2.19. The average Bonchev–Trinajstić information content (AvgIpc) is 3.07. The number of nitrogens with zero attached hydrogens (tertiary/aromatic N) is 1. The molecular formula is C22H22BrClN2O4. The Balaban J connectivity index is 1.58. The fraction of sp³-hybridized carbons (Fsp3) is 0.318. The molecule has 0 radical (unpaired) electrons. The Morgan fingerprint density at radius 3 is 2.67 bits per heavy atom. The van der Waals surface area contributed by atoms with E-state index in [2.05, 4.69) is 21.2 Å². The number of hydrogen-bond donors (Lipinski definition) is 1. The molecule has 2 aromatic carbocycles. The third-order valence-electron chi connectivity index (χ3n) is 5.00. The van der Waals surface area contributed by atoms with Gasteiger partial charge >= 0.3 is 5.97 Å². The molecule has 1 atom stereocenters. The van der Waals surface area contributed by atoms with Gasteiger partial charge in [0.25, 0.3) is 5.91 Å². The molecule has 0 aliphatic carbocycles. The highest BCUT2D eigenvalue weighted by Crippen LogP contribution is 2.30. The van der Waals surface area contributed by atoms with Crippen LogP contribution >= 0.6 is 27.5 Å². The van der Waals surface area contributed by atoms with E-state index in [4.69, 9.17) is 16.3 Å². The van der Waals surface area contributed by atoms with Crippen molar-refractivity contribution in [3.63, 3.8) is 0 Å². The Kier molecular flexibility index (Phi) is 6.83. The molecule has 6 nitrogen and oxygen atoms in total. The lowest BCUT2D eigenvalue weighted by molar-refractivity contribution is -0.151. The Morgan fingerprint density at radius 1 is 1.20 bits per heavy atom. The number of halogens is 2. The number of amides is 2. The van der Waals surface area contributed by atoms with Crippen LogP contribution in [0.5, 0.6) is 0 Å². The van der Waals surface area contributed by atoms with Gasteiger partial charge in [0.05, 0.1) is 10.9 Å². The van der Waals surface area contributed by atoms with Gasteiger partial charge in [0.2, 0.25) is 5.91 Å². The molecule has 1 N–H and O–H groups in total. The Morgan fingerprint density at radius 2 is 1.93 bits per heavy atom. The summed E-state index contributed by atoms with van der Waals surface area (Å²) in [6.45, 7) is 5.52. The number of anilines is 2. The normalized spacial score (nSPS) is 16.0. The van der Waals surface area contributed by atoms with Crippen molar-refractivity contribution in [2.75, 3.05) is 23.4 Å². The molecule has 30 heavy (non-hydrogen) atoms. The lowest BCUT2D eigenvalue weighted by Crippen LogP contribution is -2.28. The maximum Gasteiger partial charge on any atom is 0.311 e. The summed E-state index contributed by atoms with van der Waals surface area (Å²) < 4.78 is 5.90. The summed E-state index contributed by atoms with van der Waals surface area (Å²) in [5, 5.41) is 3.14. The van der Waals surface area contributed by atoms with Crippen molar-refractivity contribution in [2.24, 2.45) is 5.92 Å². The predicted octanol–water partition coefficient (Wildman–Crippen LogP) is 4.56.